The fourth-order valence-electron chi connectivity index (χ4n) is 3.50. The van der Waals surface area contributed by atoms with Crippen molar-refractivity contribution in [3.05, 3.63) is 29.0 Å². The van der Waals surface area contributed by atoms with Gasteiger partial charge < -0.3 is 15.5 Å². The molecule has 1 fully saturated rings. The molecule has 1 aliphatic heterocycles. The van der Waals surface area contributed by atoms with Crippen LogP contribution in [0.25, 0.3) is 0 Å². The molecule has 0 spiro atoms. The number of aromatic nitrogens is 1. The molecule has 1 aromatic heterocycles. The highest BCUT2D eigenvalue weighted by Gasteiger charge is 2.20. The van der Waals surface area contributed by atoms with Crippen LogP contribution >= 0.6 is 35.6 Å². The van der Waals surface area contributed by atoms with Crippen LogP contribution in [0.5, 0.6) is 0 Å². The zero-order valence-corrected chi connectivity index (χ0v) is 19.3. The maximum absolute atomic E-state index is 5.82. The summed E-state index contributed by atoms with van der Waals surface area (Å²) < 4.78 is 0. The van der Waals surface area contributed by atoms with E-state index in [-0.39, 0.29) is 24.0 Å². The van der Waals surface area contributed by atoms with E-state index in [0.29, 0.717) is 5.15 Å². The summed E-state index contributed by atoms with van der Waals surface area (Å²) in [4.78, 5) is 11.4. The number of guanidine groups is 1. The third kappa shape index (κ3) is 8.86. The maximum atomic E-state index is 5.82. The summed E-state index contributed by atoms with van der Waals surface area (Å²) in [7, 11) is 0. The van der Waals surface area contributed by atoms with Gasteiger partial charge in [0.15, 0.2) is 5.96 Å². The van der Waals surface area contributed by atoms with Crippen LogP contribution in [0.15, 0.2) is 23.3 Å². The molecule has 2 rings (SSSR count). The first-order valence-electron chi connectivity index (χ1n) is 9.41. The van der Waals surface area contributed by atoms with E-state index in [2.05, 4.69) is 41.3 Å². The van der Waals surface area contributed by atoms with Crippen LogP contribution in [0, 0.1) is 11.8 Å². The Bertz CT molecular complexity index is 527. The van der Waals surface area contributed by atoms with Crippen molar-refractivity contribution >= 4 is 41.5 Å². The lowest BCUT2D eigenvalue weighted by Crippen LogP contribution is -2.41. The molecular weight excluding hydrogens is 461 g/mol. The van der Waals surface area contributed by atoms with Gasteiger partial charge in [-0.05, 0) is 43.2 Å². The Morgan fingerprint density at radius 3 is 2.62 bits per heavy atom. The first-order chi connectivity index (χ1) is 12.1. The van der Waals surface area contributed by atoms with E-state index in [9.17, 15) is 0 Å². The predicted octanol–water partition coefficient (Wildman–Crippen LogP) is 3.43. The molecule has 0 radical (unpaired) electrons. The van der Waals surface area contributed by atoms with Crippen molar-refractivity contribution < 1.29 is 0 Å². The molecule has 1 saturated heterocycles. The summed E-state index contributed by atoms with van der Waals surface area (Å²) in [6.45, 7) is 12.8. The molecule has 2 N–H and O–H groups in total. The Balaban J connectivity index is 0.00000338. The van der Waals surface area contributed by atoms with Gasteiger partial charge in [-0.3, -0.25) is 4.99 Å². The van der Waals surface area contributed by atoms with Crippen molar-refractivity contribution in [1.82, 2.24) is 20.5 Å². The van der Waals surface area contributed by atoms with E-state index in [0.717, 1.165) is 50.4 Å². The summed E-state index contributed by atoms with van der Waals surface area (Å²) >= 11 is 5.82. The third-order valence-electron chi connectivity index (χ3n) is 4.47. The van der Waals surface area contributed by atoms with E-state index >= 15 is 0 Å². The van der Waals surface area contributed by atoms with E-state index in [1.165, 1.54) is 25.1 Å². The Kier molecular flexibility index (Phi) is 11.5. The number of nitrogens with one attached hydrogen (secondary N) is 2. The van der Waals surface area contributed by atoms with Gasteiger partial charge in [0.25, 0.3) is 0 Å². The first kappa shape index (κ1) is 23.4. The van der Waals surface area contributed by atoms with Gasteiger partial charge in [0.05, 0.1) is 6.54 Å². The van der Waals surface area contributed by atoms with Crippen LogP contribution in [0.1, 0.15) is 32.8 Å². The standard InChI is InChI=1S/C19H32ClN5.HI/c1-4-21-19(22-8-7-17-5-6-18(20)24-12-17)23-9-10-25-13-15(2)11-16(3)14-25;/h5-6,12,15-16H,4,7-11,13-14H2,1-3H3,(H2,21,22,23);1H. The monoisotopic (exact) mass is 493 g/mol. The fourth-order valence-corrected chi connectivity index (χ4v) is 3.61. The van der Waals surface area contributed by atoms with E-state index in [1.807, 2.05) is 18.3 Å². The maximum Gasteiger partial charge on any atom is 0.191 e. The Morgan fingerprint density at radius 2 is 2.00 bits per heavy atom. The minimum Gasteiger partial charge on any atom is -0.357 e. The minimum absolute atomic E-state index is 0. The van der Waals surface area contributed by atoms with Crippen molar-refractivity contribution in [2.24, 2.45) is 16.8 Å². The van der Waals surface area contributed by atoms with Crippen molar-refractivity contribution in [3.63, 3.8) is 0 Å². The van der Waals surface area contributed by atoms with E-state index in [1.54, 1.807) is 0 Å². The van der Waals surface area contributed by atoms with Gasteiger partial charge >= 0.3 is 0 Å². The Morgan fingerprint density at radius 1 is 1.27 bits per heavy atom. The zero-order valence-electron chi connectivity index (χ0n) is 16.2. The second kappa shape index (κ2) is 12.7. The highest BCUT2D eigenvalue weighted by Crippen LogP contribution is 2.20. The predicted molar refractivity (Wildman–Crippen MR) is 122 cm³/mol. The summed E-state index contributed by atoms with van der Waals surface area (Å²) in [6, 6.07) is 3.84. The lowest BCUT2D eigenvalue weighted by Gasteiger charge is -2.34. The quantitative estimate of drug-likeness (QED) is 0.264. The topological polar surface area (TPSA) is 52.6 Å². The second-order valence-electron chi connectivity index (χ2n) is 7.13. The zero-order chi connectivity index (χ0) is 18.1. The van der Waals surface area contributed by atoms with Crippen molar-refractivity contribution in [3.8, 4) is 0 Å². The number of halogens is 2. The van der Waals surface area contributed by atoms with Gasteiger partial charge in [0.1, 0.15) is 5.15 Å². The molecular formula is C19H33ClIN5. The molecule has 0 amide bonds. The largest absolute Gasteiger partial charge is 0.357 e. The van der Waals surface area contributed by atoms with Gasteiger partial charge in [0.2, 0.25) is 0 Å². The van der Waals surface area contributed by atoms with Crippen LogP contribution in [0.3, 0.4) is 0 Å². The Hall–Kier alpha value is -0.600. The van der Waals surface area contributed by atoms with Gasteiger partial charge in [-0.2, -0.15) is 0 Å². The Labute approximate surface area is 180 Å². The number of rotatable bonds is 7. The average molecular weight is 494 g/mol. The summed E-state index contributed by atoms with van der Waals surface area (Å²) in [5.41, 5.74) is 1.17. The molecule has 0 saturated carbocycles. The molecule has 2 atom stereocenters. The molecule has 0 aliphatic carbocycles. The van der Waals surface area contributed by atoms with Crippen molar-refractivity contribution in [1.29, 1.82) is 0 Å². The molecule has 1 aromatic rings. The molecule has 148 valence electrons. The summed E-state index contributed by atoms with van der Waals surface area (Å²) in [5.74, 6) is 2.49. The number of likely N-dealkylation sites (tertiary alicyclic amines) is 1. The van der Waals surface area contributed by atoms with E-state index in [4.69, 9.17) is 16.6 Å². The molecule has 7 heteroatoms. The highest BCUT2D eigenvalue weighted by atomic mass is 127. The van der Waals surface area contributed by atoms with Crippen molar-refractivity contribution in [2.45, 2.75) is 33.6 Å². The highest BCUT2D eigenvalue weighted by molar-refractivity contribution is 14.0. The van der Waals surface area contributed by atoms with Gasteiger partial charge in [-0.1, -0.05) is 31.5 Å². The van der Waals surface area contributed by atoms with Crippen LogP contribution in [-0.4, -0.2) is 55.1 Å². The fraction of sp³-hybridized carbons (Fsp3) is 0.684. The van der Waals surface area contributed by atoms with Gasteiger partial charge in [0, 0.05) is 38.9 Å². The first-order valence-corrected chi connectivity index (χ1v) is 9.79. The number of nitrogens with zero attached hydrogens (tertiary/aromatic N) is 3. The molecule has 26 heavy (non-hydrogen) atoms. The van der Waals surface area contributed by atoms with Crippen LogP contribution in [0.2, 0.25) is 5.15 Å². The molecule has 5 nitrogen and oxygen atoms in total. The number of hydrogen-bond acceptors (Lipinski definition) is 3. The summed E-state index contributed by atoms with van der Waals surface area (Å²) in [5, 5.41) is 7.25. The molecule has 2 unspecified atom stereocenters. The third-order valence-corrected chi connectivity index (χ3v) is 4.69. The second-order valence-corrected chi connectivity index (χ2v) is 7.52. The van der Waals surface area contributed by atoms with Crippen LogP contribution in [-0.2, 0) is 6.42 Å². The molecule has 2 heterocycles. The normalized spacial score (nSPS) is 21.2. The smallest absolute Gasteiger partial charge is 0.191 e. The van der Waals surface area contributed by atoms with Crippen molar-refractivity contribution in [2.75, 3.05) is 39.3 Å². The minimum atomic E-state index is 0. The van der Waals surface area contributed by atoms with Gasteiger partial charge in [-0.25, -0.2) is 4.98 Å². The lowest BCUT2D eigenvalue weighted by molar-refractivity contribution is 0.145. The molecule has 0 bridgehead atoms. The number of hydrogen-bond donors (Lipinski definition) is 2. The number of aliphatic imine (C=N–C) groups is 1. The molecule has 0 aromatic carbocycles. The van der Waals surface area contributed by atoms with E-state index < -0.39 is 0 Å². The average Bonchev–Trinajstić information content (AvgIpc) is 2.56. The number of piperidine rings is 1. The lowest BCUT2D eigenvalue weighted by atomic mass is 9.92. The van der Waals surface area contributed by atoms with Gasteiger partial charge in [-0.15, -0.1) is 24.0 Å². The summed E-state index contributed by atoms with van der Waals surface area (Å²) in [6.07, 6.45) is 4.08. The SMILES string of the molecule is CCNC(=NCCN1CC(C)CC(C)C1)NCCc1ccc(Cl)nc1.I. The number of pyridine rings is 1. The molecule has 1 aliphatic rings. The van der Waals surface area contributed by atoms with Crippen LogP contribution < -0.4 is 10.6 Å². The van der Waals surface area contributed by atoms with Crippen LogP contribution in [0.4, 0.5) is 0 Å².